The number of fused-ring (bicyclic) bond motifs is 1. The van der Waals surface area contributed by atoms with E-state index in [1.807, 2.05) is 19.1 Å². The zero-order valence-corrected chi connectivity index (χ0v) is 20.3. The Morgan fingerprint density at radius 3 is 2.56 bits per heavy atom. The number of rotatable bonds is 7. The number of methoxy groups -OCH3 is 1. The molecule has 0 unspecified atom stereocenters. The number of carbonyl (C=O) groups excluding carboxylic acids is 2. The van der Waals surface area contributed by atoms with Gasteiger partial charge in [-0.05, 0) is 36.8 Å². The fraction of sp³-hybridized carbons (Fsp3) is 0.296. The van der Waals surface area contributed by atoms with E-state index >= 15 is 0 Å². The molecule has 0 aliphatic carbocycles. The number of hydrogen-bond donors (Lipinski definition) is 1. The van der Waals surface area contributed by atoms with Gasteiger partial charge in [-0.1, -0.05) is 29.8 Å². The summed E-state index contributed by atoms with van der Waals surface area (Å²) in [4.78, 5) is 40.4. The monoisotopic (exact) mass is 493 g/mol. The number of pyridine rings is 1. The van der Waals surface area contributed by atoms with Gasteiger partial charge in [0, 0.05) is 44.4 Å². The maximum absolute atomic E-state index is 13.5. The van der Waals surface area contributed by atoms with Gasteiger partial charge in [0.05, 0.1) is 7.11 Å². The van der Waals surface area contributed by atoms with Crippen molar-refractivity contribution >= 4 is 11.8 Å². The van der Waals surface area contributed by atoms with Crippen molar-refractivity contribution in [2.75, 3.05) is 26.8 Å². The van der Waals surface area contributed by atoms with Crippen molar-refractivity contribution in [3.8, 4) is 11.5 Å². The number of hydrogen-bond acceptors (Lipinski definition) is 5. The Balaban J connectivity index is 1.49. The summed E-state index contributed by atoms with van der Waals surface area (Å²) in [5.41, 5.74) is 2.11. The van der Waals surface area contributed by atoms with Gasteiger partial charge in [0.25, 0.3) is 17.4 Å². The molecule has 0 atom stereocenters. The molecular weight excluding hydrogens is 465 g/mol. The summed E-state index contributed by atoms with van der Waals surface area (Å²) in [6, 6.07) is 14.7. The van der Waals surface area contributed by atoms with Crippen LogP contribution in [-0.4, -0.2) is 48.1 Å². The third-order valence-corrected chi connectivity index (χ3v) is 6.12. The Hall–Kier alpha value is -4.14. The molecule has 2 aromatic carbocycles. The zero-order chi connectivity index (χ0) is 25.7. The third-order valence-electron chi connectivity index (χ3n) is 6.12. The molecule has 4 rings (SSSR count). The van der Waals surface area contributed by atoms with Crippen LogP contribution in [0.1, 0.15) is 27.2 Å². The first-order valence-corrected chi connectivity index (χ1v) is 11.7. The predicted octanol–water partition coefficient (Wildman–Crippen LogP) is 2.70. The summed E-state index contributed by atoms with van der Waals surface area (Å²) >= 11 is 0. The zero-order valence-electron chi connectivity index (χ0n) is 20.3. The van der Waals surface area contributed by atoms with E-state index in [-0.39, 0.29) is 48.9 Å². The molecule has 36 heavy (non-hydrogen) atoms. The topological polar surface area (TPSA) is 89.9 Å². The number of aromatic nitrogens is 1. The normalized spacial score (nSPS) is 12.9. The summed E-state index contributed by atoms with van der Waals surface area (Å²) in [6.45, 7) is 2.81. The van der Waals surface area contributed by atoms with Gasteiger partial charge in [0.1, 0.15) is 22.9 Å². The van der Waals surface area contributed by atoms with Gasteiger partial charge < -0.3 is 24.3 Å². The Bertz CT molecular complexity index is 1320. The van der Waals surface area contributed by atoms with E-state index < -0.39 is 11.7 Å². The van der Waals surface area contributed by atoms with Gasteiger partial charge >= 0.3 is 0 Å². The van der Waals surface area contributed by atoms with Gasteiger partial charge in [0.15, 0.2) is 6.61 Å². The van der Waals surface area contributed by atoms with Crippen LogP contribution >= 0.6 is 0 Å². The van der Waals surface area contributed by atoms with E-state index in [1.165, 1.54) is 29.9 Å². The largest absolute Gasteiger partial charge is 0.496 e. The number of carbonyl (C=O) groups is 2. The van der Waals surface area contributed by atoms with Gasteiger partial charge in [0.2, 0.25) is 0 Å². The summed E-state index contributed by atoms with van der Waals surface area (Å²) in [6.07, 6.45) is 0.283. The second-order valence-electron chi connectivity index (χ2n) is 8.57. The minimum atomic E-state index is -0.442. The molecule has 1 aliphatic rings. The van der Waals surface area contributed by atoms with Gasteiger partial charge in [-0.3, -0.25) is 14.4 Å². The van der Waals surface area contributed by atoms with E-state index in [0.29, 0.717) is 30.1 Å². The number of nitrogens with zero attached hydrogens (tertiary/aromatic N) is 2. The summed E-state index contributed by atoms with van der Waals surface area (Å²) in [7, 11) is 1.39. The molecule has 0 fully saturated rings. The molecule has 0 saturated carbocycles. The minimum Gasteiger partial charge on any atom is -0.496 e. The number of halogens is 1. The van der Waals surface area contributed by atoms with E-state index in [2.05, 4.69) is 5.32 Å². The lowest BCUT2D eigenvalue weighted by Gasteiger charge is -2.20. The van der Waals surface area contributed by atoms with Crippen molar-refractivity contribution in [2.45, 2.75) is 26.4 Å². The van der Waals surface area contributed by atoms with Crippen LogP contribution in [0.2, 0.25) is 0 Å². The lowest BCUT2D eigenvalue weighted by atomic mass is 10.1. The van der Waals surface area contributed by atoms with Crippen LogP contribution in [0.3, 0.4) is 0 Å². The van der Waals surface area contributed by atoms with Gasteiger partial charge in [-0.15, -0.1) is 0 Å². The Morgan fingerprint density at radius 2 is 1.83 bits per heavy atom. The average Bonchev–Trinajstić information content (AvgIpc) is 3.10. The summed E-state index contributed by atoms with van der Waals surface area (Å²) in [5, 5.41) is 2.78. The van der Waals surface area contributed by atoms with Crippen molar-refractivity contribution < 1.29 is 23.5 Å². The molecule has 2 heterocycles. The number of aryl methyl sites for hydroxylation is 1. The van der Waals surface area contributed by atoms with Crippen molar-refractivity contribution in [1.82, 2.24) is 14.8 Å². The SMILES string of the molecule is COc1cc(=O)n2c(c1C(=O)NCc1cccc(F)c1)CCN(C(=O)COc1ccc(C)cc1)CC2. The molecule has 3 aromatic rings. The smallest absolute Gasteiger partial charge is 0.260 e. The highest BCUT2D eigenvalue weighted by Crippen LogP contribution is 2.23. The van der Waals surface area contributed by atoms with Gasteiger partial charge in [-0.2, -0.15) is 0 Å². The van der Waals surface area contributed by atoms with Crippen LogP contribution in [0, 0.1) is 12.7 Å². The molecule has 1 aliphatic heterocycles. The molecule has 0 bridgehead atoms. The predicted molar refractivity (Wildman–Crippen MR) is 132 cm³/mol. The van der Waals surface area contributed by atoms with Crippen molar-refractivity contribution in [1.29, 1.82) is 0 Å². The van der Waals surface area contributed by atoms with Crippen molar-refractivity contribution in [3.63, 3.8) is 0 Å². The highest BCUT2D eigenvalue weighted by atomic mass is 19.1. The van der Waals surface area contributed by atoms with Crippen LogP contribution in [0.4, 0.5) is 4.39 Å². The average molecular weight is 494 g/mol. The van der Waals surface area contributed by atoms with Crippen LogP contribution in [0.25, 0.3) is 0 Å². The standard InChI is InChI=1S/C27H28FN3O5/c1-18-6-8-21(9-7-18)36-17-25(33)30-11-10-22-26(23(35-2)15-24(32)31(22)13-12-30)27(34)29-16-19-4-3-5-20(28)14-19/h3-9,14-15H,10-13,16-17H2,1-2H3,(H,29,34). The van der Waals surface area contributed by atoms with Crippen LogP contribution < -0.4 is 20.3 Å². The molecular formula is C27H28FN3O5. The highest BCUT2D eigenvalue weighted by molar-refractivity contribution is 5.98. The lowest BCUT2D eigenvalue weighted by Crippen LogP contribution is -2.37. The Labute approximate surface area is 208 Å². The Kier molecular flexibility index (Phi) is 7.68. The van der Waals surface area contributed by atoms with Crippen molar-refractivity contribution in [3.05, 3.63) is 93.2 Å². The maximum atomic E-state index is 13.5. The Morgan fingerprint density at radius 1 is 1.06 bits per heavy atom. The van der Waals surface area contributed by atoms with Crippen LogP contribution in [0.5, 0.6) is 11.5 Å². The second kappa shape index (κ2) is 11.1. The molecule has 0 saturated heterocycles. The molecule has 2 amide bonds. The quantitative estimate of drug-likeness (QED) is 0.547. The molecule has 0 radical (unpaired) electrons. The highest BCUT2D eigenvalue weighted by Gasteiger charge is 2.26. The molecule has 188 valence electrons. The molecule has 1 N–H and O–H groups in total. The fourth-order valence-electron chi connectivity index (χ4n) is 4.19. The first kappa shape index (κ1) is 25.0. The first-order valence-electron chi connectivity index (χ1n) is 11.7. The van der Waals surface area contributed by atoms with E-state index in [1.54, 1.807) is 29.2 Å². The number of ether oxygens (including phenoxy) is 2. The number of nitrogens with one attached hydrogen (secondary N) is 1. The van der Waals surface area contributed by atoms with E-state index in [4.69, 9.17) is 9.47 Å². The van der Waals surface area contributed by atoms with E-state index in [9.17, 15) is 18.8 Å². The number of benzene rings is 2. The molecule has 8 nitrogen and oxygen atoms in total. The summed E-state index contributed by atoms with van der Waals surface area (Å²) in [5.74, 6) is -0.283. The lowest BCUT2D eigenvalue weighted by molar-refractivity contribution is -0.133. The minimum absolute atomic E-state index is 0.110. The fourth-order valence-corrected chi connectivity index (χ4v) is 4.19. The molecule has 1 aromatic heterocycles. The van der Waals surface area contributed by atoms with Gasteiger partial charge in [-0.25, -0.2) is 4.39 Å². The van der Waals surface area contributed by atoms with Crippen molar-refractivity contribution in [2.24, 2.45) is 0 Å². The maximum Gasteiger partial charge on any atom is 0.260 e. The van der Waals surface area contributed by atoms with Crippen LogP contribution in [-0.2, 0) is 24.3 Å². The van der Waals surface area contributed by atoms with Crippen LogP contribution in [0.15, 0.2) is 59.4 Å². The molecule has 0 spiro atoms. The number of amides is 2. The molecule has 9 heteroatoms. The first-order chi connectivity index (χ1) is 17.4. The van der Waals surface area contributed by atoms with E-state index in [0.717, 1.165) is 5.56 Å². The summed E-state index contributed by atoms with van der Waals surface area (Å²) < 4.78 is 26.0. The second-order valence-corrected chi connectivity index (χ2v) is 8.57. The third kappa shape index (κ3) is 5.73.